The van der Waals surface area contributed by atoms with E-state index in [-0.39, 0.29) is 16.7 Å². The van der Waals surface area contributed by atoms with Crippen LogP contribution in [0.25, 0.3) is 0 Å². The van der Waals surface area contributed by atoms with Crippen molar-refractivity contribution in [3.05, 3.63) is 28.3 Å². The quantitative estimate of drug-likeness (QED) is 0.667. The number of rotatable bonds is 5. The van der Waals surface area contributed by atoms with Gasteiger partial charge in [-0.25, -0.2) is 0 Å². The molecule has 0 saturated carbocycles. The van der Waals surface area contributed by atoms with Gasteiger partial charge in [0.1, 0.15) is 5.69 Å². The summed E-state index contributed by atoms with van der Waals surface area (Å²) in [6.07, 6.45) is 0.822. The number of nitro benzene ring substituents is 1. The summed E-state index contributed by atoms with van der Waals surface area (Å²) in [6, 6.07) is 5.83. The van der Waals surface area contributed by atoms with E-state index in [9.17, 15) is 10.1 Å². The zero-order valence-corrected chi connectivity index (χ0v) is 12.8. The first-order valence-electron chi connectivity index (χ1n) is 7.44. The van der Waals surface area contributed by atoms with Gasteiger partial charge in [0.05, 0.1) is 11.5 Å². The first kappa shape index (κ1) is 15.6. The minimum Gasteiger partial charge on any atom is -0.487 e. The van der Waals surface area contributed by atoms with Crippen molar-refractivity contribution in [2.75, 3.05) is 24.6 Å². The van der Waals surface area contributed by atoms with Crippen LogP contribution in [0, 0.1) is 10.1 Å². The number of anilines is 1. The van der Waals surface area contributed by atoms with Gasteiger partial charge in [0.15, 0.2) is 5.75 Å². The molecule has 6 heteroatoms. The summed E-state index contributed by atoms with van der Waals surface area (Å²) >= 11 is 0. The van der Waals surface area contributed by atoms with Crippen molar-refractivity contribution in [3.8, 4) is 5.75 Å². The molecular weight excluding hydrogens is 270 g/mol. The molecule has 1 heterocycles. The molecule has 21 heavy (non-hydrogen) atoms. The maximum Gasteiger partial charge on any atom is 0.333 e. The average molecular weight is 293 g/mol. The molecule has 1 aliphatic rings. The summed E-state index contributed by atoms with van der Waals surface area (Å²) in [5.41, 5.74) is 0.723. The van der Waals surface area contributed by atoms with Gasteiger partial charge in [-0.2, -0.15) is 0 Å². The van der Waals surface area contributed by atoms with Crippen LogP contribution in [0.3, 0.4) is 0 Å². The van der Waals surface area contributed by atoms with Crippen molar-refractivity contribution in [2.24, 2.45) is 0 Å². The Balaban J connectivity index is 2.39. The molecule has 0 spiro atoms. The number of ether oxygens (including phenoxy) is 1. The van der Waals surface area contributed by atoms with Crippen LogP contribution in [0.4, 0.5) is 11.4 Å². The van der Waals surface area contributed by atoms with Crippen LogP contribution >= 0.6 is 0 Å². The lowest BCUT2D eigenvalue weighted by molar-refractivity contribution is -0.385. The van der Waals surface area contributed by atoms with E-state index in [4.69, 9.17) is 4.74 Å². The normalized spacial score (nSPS) is 22.1. The van der Waals surface area contributed by atoms with E-state index in [1.165, 1.54) is 0 Å². The Morgan fingerprint density at radius 3 is 2.90 bits per heavy atom. The fourth-order valence-electron chi connectivity index (χ4n) is 2.61. The van der Waals surface area contributed by atoms with Gasteiger partial charge in [0.2, 0.25) is 0 Å². The molecule has 6 nitrogen and oxygen atoms in total. The highest BCUT2D eigenvalue weighted by molar-refractivity contribution is 5.70. The lowest BCUT2D eigenvalue weighted by Gasteiger charge is -2.38. The average Bonchev–Trinajstić information content (AvgIpc) is 2.47. The Kier molecular flexibility index (Phi) is 5.01. The van der Waals surface area contributed by atoms with Gasteiger partial charge < -0.3 is 15.0 Å². The summed E-state index contributed by atoms with van der Waals surface area (Å²) in [7, 11) is 0. The minimum atomic E-state index is -0.334. The summed E-state index contributed by atoms with van der Waals surface area (Å²) in [4.78, 5) is 13.3. The van der Waals surface area contributed by atoms with Gasteiger partial charge in [-0.3, -0.25) is 10.1 Å². The largest absolute Gasteiger partial charge is 0.487 e. The molecule has 0 radical (unpaired) electrons. The predicted molar refractivity (Wildman–Crippen MR) is 83.2 cm³/mol. The summed E-state index contributed by atoms with van der Waals surface area (Å²) in [5.74, 6) is 0.359. The van der Waals surface area contributed by atoms with Crippen LogP contribution in [0.1, 0.15) is 27.2 Å². The summed E-state index contributed by atoms with van der Waals surface area (Å²) < 4.78 is 5.56. The van der Waals surface area contributed by atoms with Crippen molar-refractivity contribution >= 4 is 11.4 Å². The van der Waals surface area contributed by atoms with E-state index in [0.29, 0.717) is 24.1 Å². The third-order valence-electron chi connectivity index (χ3n) is 3.70. The van der Waals surface area contributed by atoms with E-state index in [2.05, 4.69) is 24.1 Å². The maximum absolute atomic E-state index is 11.5. The van der Waals surface area contributed by atoms with Gasteiger partial charge in [-0.05, 0) is 32.4 Å². The van der Waals surface area contributed by atoms with E-state index >= 15 is 0 Å². The van der Waals surface area contributed by atoms with Crippen molar-refractivity contribution in [2.45, 2.75) is 39.3 Å². The Morgan fingerprint density at radius 1 is 1.48 bits per heavy atom. The highest BCUT2D eigenvalue weighted by atomic mass is 16.6. The minimum absolute atomic E-state index is 0.0758. The van der Waals surface area contributed by atoms with Crippen LogP contribution in [-0.4, -0.2) is 36.7 Å². The van der Waals surface area contributed by atoms with E-state index in [1.54, 1.807) is 6.07 Å². The molecule has 0 aliphatic carbocycles. The fraction of sp³-hybridized carbons (Fsp3) is 0.600. The van der Waals surface area contributed by atoms with Crippen LogP contribution in [0.2, 0.25) is 0 Å². The van der Waals surface area contributed by atoms with Gasteiger partial charge in [0.25, 0.3) is 0 Å². The molecule has 2 atom stereocenters. The van der Waals surface area contributed by atoms with Gasteiger partial charge >= 0.3 is 5.69 Å². The Bertz CT molecular complexity index is 507. The third kappa shape index (κ3) is 3.44. The molecule has 1 N–H and O–H groups in total. The summed E-state index contributed by atoms with van der Waals surface area (Å²) in [6.45, 7) is 8.19. The highest BCUT2D eigenvalue weighted by Crippen LogP contribution is 2.38. The second kappa shape index (κ2) is 6.76. The van der Waals surface area contributed by atoms with Gasteiger partial charge in [-0.15, -0.1) is 0 Å². The number of nitrogens with zero attached hydrogens (tertiary/aromatic N) is 2. The number of benzene rings is 1. The third-order valence-corrected chi connectivity index (χ3v) is 3.70. The fourth-order valence-corrected chi connectivity index (χ4v) is 2.61. The van der Waals surface area contributed by atoms with Gasteiger partial charge in [-0.1, -0.05) is 13.0 Å². The maximum atomic E-state index is 11.5. The zero-order valence-electron chi connectivity index (χ0n) is 12.8. The second-order valence-corrected chi connectivity index (χ2v) is 5.54. The molecular formula is C15H23N3O3. The number of nitrogens with one attached hydrogen (secondary N) is 1. The van der Waals surface area contributed by atoms with Crippen LogP contribution in [0.5, 0.6) is 5.75 Å². The first-order valence-corrected chi connectivity index (χ1v) is 7.44. The SMILES string of the molecule is CCCOc1cccc(N2CC(C)NCC2C)c1[N+](=O)[O-]. The number of para-hydroxylation sites is 1. The lowest BCUT2D eigenvalue weighted by atomic mass is 10.1. The summed E-state index contributed by atoms with van der Waals surface area (Å²) in [5, 5.41) is 14.9. The molecule has 1 saturated heterocycles. The lowest BCUT2D eigenvalue weighted by Crippen LogP contribution is -2.54. The molecule has 2 unspecified atom stereocenters. The smallest absolute Gasteiger partial charge is 0.333 e. The van der Waals surface area contributed by atoms with E-state index < -0.39 is 0 Å². The molecule has 0 amide bonds. The number of hydrogen-bond acceptors (Lipinski definition) is 5. The molecule has 0 aromatic heterocycles. The monoisotopic (exact) mass is 293 g/mol. The van der Waals surface area contributed by atoms with Crippen LogP contribution in [0.15, 0.2) is 18.2 Å². The molecule has 1 aliphatic heterocycles. The Hall–Kier alpha value is -1.82. The van der Waals surface area contributed by atoms with Crippen molar-refractivity contribution in [1.29, 1.82) is 0 Å². The predicted octanol–water partition coefficient (Wildman–Crippen LogP) is 2.57. The Morgan fingerprint density at radius 2 is 2.24 bits per heavy atom. The van der Waals surface area contributed by atoms with Crippen LogP contribution in [-0.2, 0) is 0 Å². The highest BCUT2D eigenvalue weighted by Gasteiger charge is 2.30. The van der Waals surface area contributed by atoms with Crippen molar-refractivity contribution < 1.29 is 9.66 Å². The van der Waals surface area contributed by atoms with Crippen molar-refractivity contribution in [3.63, 3.8) is 0 Å². The van der Waals surface area contributed by atoms with Crippen molar-refractivity contribution in [1.82, 2.24) is 5.32 Å². The van der Waals surface area contributed by atoms with Crippen LogP contribution < -0.4 is 15.0 Å². The molecule has 0 bridgehead atoms. The molecule has 1 fully saturated rings. The molecule has 1 aromatic carbocycles. The standard InChI is InChI=1S/C15H23N3O3/c1-4-8-21-14-7-5-6-13(15(14)18(19)20)17-10-11(2)16-9-12(17)3/h5-7,11-12,16H,4,8-10H2,1-3H3. The number of piperazine rings is 1. The molecule has 1 aromatic rings. The Labute approximate surface area is 125 Å². The van der Waals surface area contributed by atoms with E-state index in [0.717, 1.165) is 19.5 Å². The number of hydrogen-bond donors (Lipinski definition) is 1. The van der Waals surface area contributed by atoms with Gasteiger partial charge in [0, 0.05) is 25.2 Å². The second-order valence-electron chi connectivity index (χ2n) is 5.54. The molecule has 116 valence electrons. The zero-order chi connectivity index (χ0) is 15.4. The van der Waals surface area contributed by atoms with E-state index in [1.807, 2.05) is 19.1 Å². The first-order chi connectivity index (χ1) is 10.0. The number of nitro groups is 1. The topological polar surface area (TPSA) is 67.6 Å². The molecule has 2 rings (SSSR count).